The van der Waals surface area contributed by atoms with E-state index in [1.807, 2.05) is 38.1 Å². The number of carbonyl (C=O) groups excluding carboxylic acids is 7. The first-order chi connectivity index (χ1) is 59.7. The Morgan fingerprint density at radius 1 is 0.698 bits per heavy atom. The van der Waals surface area contributed by atoms with Gasteiger partial charge in [0.25, 0.3) is 0 Å². The number of ether oxygens (including phenoxy) is 9. The van der Waals surface area contributed by atoms with Gasteiger partial charge in [-0.1, -0.05) is 89.4 Å². The highest BCUT2D eigenvalue weighted by atomic mass is 79.9. The maximum absolute atomic E-state index is 16.7. The second kappa shape index (κ2) is 39.1. The first-order valence-electron chi connectivity index (χ1n) is 40.8. The Morgan fingerprint density at radius 2 is 1.32 bits per heavy atom. The maximum Gasteiger partial charge on any atom is 0.330 e. The first kappa shape index (κ1) is 93.9. The molecule has 9 heterocycles. The van der Waals surface area contributed by atoms with Gasteiger partial charge in [0.15, 0.2) is 36.2 Å². The number of aliphatic hydroxyl groups excluding tert-OH is 6. The third kappa shape index (κ3) is 20.4. The van der Waals surface area contributed by atoms with Crippen LogP contribution >= 0.6 is 39.1 Å². The lowest BCUT2D eigenvalue weighted by Gasteiger charge is -2.48. The van der Waals surface area contributed by atoms with Crippen molar-refractivity contribution in [3.63, 3.8) is 0 Å². The number of nitrogens with one attached hydrogen (secondary N) is 8. The van der Waals surface area contributed by atoms with Crippen LogP contribution in [0.4, 0.5) is 0 Å². The Morgan fingerprint density at radius 3 is 1.94 bits per heavy atom. The number of morpholine rings is 1. The average molecular weight is 1860 g/mol. The number of aliphatic hydroxyl groups is 6. The molecule has 0 saturated carbocycles. The Balaban J connectivity index is 1.05. The second-order valence-electron chi connectivity index (χ2n) is 33.3. The third-order valence-electron chi connectivity index (χ3n) is 23.5. The molecule has 38 nitrogen and oxygen atoms in total. The molecule has 6 aromatic carbocycles. The summed E-state index contributed by atoms with van der Waals surface area (Å²) in [7, 11) is 1.48. The number of nitrogens with two attached hydrogens (primary N) is 2. The standard InChI is InChI=1S/C85H102BrCl2N11O27/c1-35(2)22-49(91-7)76(110)97-65-67(104)39-13-16-53(47(87)24-39)121-55-26-42-27-56(72(55)126-83-73(70(107)69(106)57(34-100)123-83)125-60-31-85(6,75(109)37(4)120-60)92-32-41-10-8-9-11-46(41)86)122-54-17-14-40(25-48(54)88)71(124-59-30-84(5,90)74(108)36(3)119-59)66-81(115)96-64(82(116)117)44-28-52(102)45(33-99-18-20-118-21-19-99)68(105)61(44)43-23-38(12-15-51(43)101)62(78(112)98-66)95-79(113)63(42)94-77(111)50(29-58(89)103)93-80(65)114/h8-17,23-28,35-37,49-50,57,59-60,62-67,69-71,73-75,83,91-92,100-102,104-109H,18-22,29-34,90H2,1-7H3,(H2,89,103)(H,93,114)(H,94,111)(H,95,113)(H,96,115)(H,97,110)(H,98,112)(H,116,117)/t36-,37-,49+,50-,57-,59-,60-,62+,63+,64+,65+,66-,67+,69-,70+,71+,73-,74+,75+,83+,84-,85-/m0/s1. The van der Waals surface area contributed by atoms with E-state index in [9.17, 15) is 65.4 Å². The zero-order valence-electron chi connectivity index (χ0n) is 69.3. The third-order valence-corrected chi connectivity index (χ3v) is 24.9. The highest BCUT2D eigenvalue weighted by Crippen LogP contribution is 2.52. The molecule has 7 amide bonds. The summed E-state index contributed by atoms with van der Waals surface area (Å²) < 4.78 is 59.3. The van der Waals surface area contributed by atoms with Gasteiger partial charge in [0.2, 0.25) is 53.4 Å². The molecule has 4 fully saturated rings. The fourth-order valence-corrected chi connectivity index (χ4v) is 17.4. The highest BCUT2D eigenvalue weighted by Gasteiger charge is 2.53. The molecule has 0 aliphatic carbocycles. The number of likely N-dealkylation sites (N-methyl/N-ethyl adjacent to an activating group) is 1. The van der Waals surface area contributed by atoms with E-state index in [4.69, 9.17) is 77.3 Å². The fourth-order valence-electron chi connectivity index (χ4n) is 16.6. The molecular weight excluding hydrogens is 1760 g/mol. The Hall–Kier alpha value is -9.70. The predicted molar refractivity (Wildman–Crippen MR) is 449 cm³/mol. The van der Waals surface area contributed by atoms with E-state index in [-0.39, 0.29) is 97.6 Å². The van der Waals surface area contributed by atoms with Crippen LogP contribution in [0.3, 0.4) is 0 Å². The molecule has 126 heavy (non-hydrogen) atoms. The number of benzene rings is 6. The molecule has 680 valence electrons. The summed E-state index contributed by atoms with van der Waals surface area (Å²) in [6, 6.07) is 6.31. The number of aromatic hydroxyl groups is 3. The summed E-state index contributed by atoms with van der Waals surface area (Å²) in [6.45, 7) is 9.92. The Bertz CT molecular complexity index is 5110. The van der Waals surface area contributed by atoms with Crippen LogP contribution in [0.15, 0.2) is 102 Å². The van der Waals surface area contributed by atoms with E-state index in [0.29, 0.717) is 0 Å². The molecule has 0 unspecified atom stereocenters. The summed E-state index contributed by atoms with van der Waals surface area (Å²) >= 11 is 18.3. The van der Waals surface area contributed by atoms with Crippen molar-refractivity contribution in [3.05, 3.63) is 151 Å². The number of carboxylic acids is 1. The molecule has 0 aromatic heterocycles. The molecule has 22 N–H and O–H groups in total. The minimum Gasteiger partial charge on any atom is -0.507 e. The number of hydrogen-bond donors (Lipinski definition) is 20. The van der Waals surface area contributed by atoms with Gasteiger partial charge in [-0.25, -0.2) is 4.79 Å². The van der Waals surface area contributed by atoms with Gasteiger partial charge < -0.3 is 148 Å². The number of nitrogens with zero attached hydrogens (tertiary/aromatic N) is 1. The number of halogens is 3. The average Bonchev–Trinajstić information content (AvgIpc) is 0.756. The molecule has 4 saturated heterocycles. The minimum atomic E-state index is -2.41. The minimum absolute atomic E-state index is 0.120. The molecule has 9 aliphatic heterocycles. The zero-order valence-corrected chi connectivity index (χ0v) is 72.4. The lowest BCUT2D eigenvalue weighted by molar-refractivity contribution is -0.334. The summed E-state index contributed by atoms with van der Waals surface area (Å²) in [5.41, 5.74) is 7.72. The first-order valence-corrected chi connectivity index (χ1v) is 42.3. The largest absolute Gasteiger partial charge is 0.507 e. The topological polar surface area (TPSA) is 573 Å². The Kier molecular flexibility index (Phi) is 29.1. The van der Waals surface area contributed by atoms with E-state index in [1.165, 1.54) is 51.2 Å². The monoisotopic (exact) mass is 1860 g/mol. The quantitative estimate of drug-likeness (QED) is 0.0522. The molecule has 6 aromatic rings. The normalized spacial score (nSPS) is 30.5. The fraction of sp³-hybridized carbons (Fsp3) is 0.482. The maximum atomic E-state index is 16.7. The molecule has 0 radical (unpaired) electrons. The molecule has 0 spiro atoms. The summed E-state index contributed by atoms with van der Waals surface area (Å²) in [6.07, 6.45) is -22.9. The number of phenols is 3. The Labute approximate surface area is 740 Å². The van der Waals surface area contributed by atoms with E-state index in [2.05, 4.69) is 58.5 Å². The van der Waals surface area contributed by atoms with Crippen LogP contribution in [0.1, 0.15) is 137 Å². The van der Waals surface area contributed by atoms with Crippen LogP contribution in [0.25, 0.3) is 11.1 Å². The molecule has 11 bridgehead atoms. The summed E-state index contributed by atoms with van der Waals surface area (Å²) in [5.74, 6) is -16.0. The van der Waals surface area contributed by atoms with Crippen molar-refractivity contribution >= 4 is 86.5 Å². The summed E-state index contributed by atoms with van der Waals surface area (Å²) in [4.78, 5) is 124. The van der Waals surface area contributed by atoms with Gasteiger partial charge in [-0.15, -0.1) is 0 Å². The smallest absolute Gasteiger partial charge is 0.330 e. The van der Waals surface area contributed by atoms with Gasteiger partial charge in [-0.3, -0.25) is 38.5 Å². The molecule has 15 rings (SSSR count). The van der Waals surface area contributed by atoms with Crippen LogP contribution in [0.5, 0.6) is 46.0 Å². The SMILES string of the molecule is CN[C@H](CC(C)C)C(=O)N[C@H]1C(=O)N[C@@H](CC(N)=O)C(=O)N[C@H]2C(=O)N[C@H]3C(=O)N[C@H](C(=O)N[C@@H](C(=O)O)c4cc(O)c(CN5CCOCC5)c(O)c4-c4cc3ccc4O)[C@H](O[C@H]3C[C@](C)(N)[C@H](O)[C@H](C)O3)c3ccc(c(Cl)c3)Oc3cc2cc(c3O[C@H]2O[C@@H](CO)[C@H](O)[C@@H](O)[C@@H]2O[C@H]2C[C@](C)(NCc3ccccc3Br)[C@H](O)[C@H](C)O2)Oc2ccc(cc2Cl)[C@H]1O. The predicted octanol–water partition coefficient (Wildman–Crippen LogP) is 2.77. The molecular formula is C85H102BrCl2N11O27. The molecule has 41 heteroatoms. The lowest BCUT2D eigenvalue weighted by atomic mass is 9.84. The van der Waals surface area contributed by atoms with Crippen LogP contribution in [-0.4, -0.2) is 246 Å². The van der Waals surface area contributed by atoms with Crippen molar-refractivity contribution in [2.24, 2.45) is 17.4 Å². The van der Waals surface area contributed by atoms with Crippen molar-refractivity contribution in [1.82, 2.24) is 47.4 Å². The molecule has 22 atom stereocenters. The van der Waals surface area contributed by atoms with Gasteiger partial charge in [-0.05, 0) is 136 Å². The van der Waals surface area contributed by atoms with E-state index in [1.54, 1.807) is 18.7 Å². The summed E-state index contributed by atoms with van der Waals surface area (Å²) in [5, 5.41) is 140. The lowest BCUT2D eigenvalue weighted by Crippen LogP contribution is -2.65. The number of rotatable bonds is 20. The van der Waals surface area contributed by atoms with Gasteiger partial charge in [0.05, 0.1) is 72.3 Å². The van der Waals surface area contributed by atoms with Gasteiger partial charge in [-0.2, -0.15) is 0 Å². The van der Waals surface area contributed by atoms with E-state index < -0.39 is 261 Å². The van der Waals surface area contributed by atoms with Crippen molar-refractivity contribution < 1.29 is 132 Å². The van der Waals surface area contributed by atoms with Crippen molar-refractivity contribution in [2.75, 3.05) is 40.0 Å². The van der Waals surface area contributed by atoms with Crippen molar-refractivity contribution in [2.45, 2.75) is 214 Å². The van der Waals surface area contributed by atoms with Crippen molar-refractivity contribution in [1.29, 1.82) is 0 Å². The number of hydrogen-bond acceptors (Lipinski definition) is 30. The van der Waals surface area contributed by atoms with Gasteiger partial charge in [0.1, 0.15) is 89.5 Å². The van der Waals surface area contributed by atoms with Crippen LogP contribution in [0, 0.1) is 5.92 Å². The van der Waals surface area contributed by atoms with Gasteiger partial charge in [0, 0.05) is 71.3 Å². The number of aliphatic carboxylic acids is 1. The zero-order chi connectivity index (χ0) is 91.0. The van der Waals surface area contributed by atoms with E-state index in [0.717, 1.165) is 52.5 Å². The van der Waals surface area contributed by atoms with E-state index >= 15 is 24.0 Å². The second-order valence-corrected chi connectivity index (χ2v) is 34.9. The van der Waals surface area contributed by atoms with Gasteiger partial charge >= 0.3 is 5.97 Å². The van der Waals surface area contributed by atoms with Crippen LogP contribution in [0.2, 0.25) is 10.0 Å². The van der Waals surface area contributed by atoms with Crippen molar-refractivity contribution in [3.8, 4) is 57.1 Å². The number of carbonyl (C=O) groups is 8. The number of phenolic OH excluding ortho intramolecular Hbond substituents is 3. The number of amides is 7. The molecule has 9 aliphatic rings. The highest BCUT2D eigenvalue weighted by molar-refractivity contribution is 9.10. The number of fused-ring (bicyclic) bond motifs is 15. The van der Waals surface area contributed by atoms with Crippen LogP contribution < -0.4 is 68.2 Å². The van der Waals surface area contributed by atoms with Crippen LogP contribution in [-0.2, 0) is 79.9 Å². The number of primary amides is 1. The number of carboxylic acid groups (broad SMARTS) is 1.